The number of carbonyl (C=O) groups excluding carboxylic acids is 1. The first-order chi connectivity index (χ1) is 12.5. The van der Waals surface area contributed by atoms with Crippen LogP contribution in [0.25, 0.3) is 6.08 Å². The number of nitrogens with zero attached hydrogens (tertiary/aromatic N) is 1. The molecule has 0 aliphatic heterocycles. The van der Waals surface area contributed by atoms with Crippen LogP contribution >= 0.6 is 23.2 Å². The van der Waals surface area contributed by atoms with Crippen molar-refractivity contribution in [1.29, 1.82) is 5.26 Å². The van der Waals surface area contributed by atoms with Crippen molar-refractivity contribution in [3.8, 4) is 17.6 Å². The van der Waals surface area contributed by atoms with Gasteiger partial charge in [0.25, 0.3) is 5.91 Å². The minimum atomic E-state index is -0.571. The number of hydrogen-bond donors (Lipinski definition) is 1. The van der Waals surface area contributed by atoms with Gasteiger partial charge in [-0.15, -0.1) is 0 Å². The summed E-state index contributed by atoms with van der Waals surface area (Å²) < 4.78 is 10.7. The number of nitrogens with one attached hydrogen (secondary N) is 1. The van der Waals surface area contributed by atoms with Crippen molar-refractivity contribution in [3.63, 3.8) is 0 Å². The van der Waals surface area contributed by atoms with Gasteiger partial charge in [-0.1, -0.05) is 29.3 Å². The zero-order chi connectivity index (χ0) is 19.1. The predicted molar refractivity (Wildman–Crippen MR) is 103 cm³/mol. The summed E-state index contributed by atoms with van der Waals surface area (Å²) in [6.07, 6.45) is 1.46. The van der Waals surface area contributed by atoms with E-state index in [-0.39, 0.29) is 5.57 Å². The van der Waals surface area contributed by atoms with E-state index >= 15 is 0 Å². The third-order valence-electron chi connectivity index (χ3n) is 3.28. The van der Waals surface area contributed by atoms with Gasteiger partial charge in [-0.3, -0.25) is 4.79 Å². The van der Waals surface area contributed by atoms with Crippen LogP contribution in [0.15, 0.2) is 42.0 Å². The lowest BCUT2D eigenvalue weighted by molar-refractivity contribution is -0.112. The van der Waals surface area contributed by atoms with E-state index in [9.17, 15) is 10.1 Å². The first-order valence-corrected chi connectivity index (χ1v) is 8.42. The summed E-state index contributed by atoms with van der Waals surface area (Å²) in [6, 6.07) is 11.7. The van der Waals surface area contributed by atoms with Gasteiger partial charge in [0.15, 0.2) is 11.5 Å². The first kappa shape index (κ1) is 19.6. The highest BCUT2D eigenvalue weighted by molar-refractivity contribution is 6.35. The van der Waals surface area contributed by atoms with Crippen molar-refractivity contribution in [2.24, 2.45) is 0 Å². The van der Waals surface area contributed by atoms with Gasteiger partial charge in [-0.05, 0) is 48.9 Å². The Balaban J connectivity index is 2.26. The Morgan fingerprint density at radius 1 is 1.19 bits per heavy atom. The topological polar surface area (TPSA) is 71.3 Å². The highest BCUT2D eigenvalue weighted by Gasteiger charge is 2.12. The molecule has 0 saturated carbocycles. The molecular weight excluding hydrogens is 375 g/mol. The maximum Gasteiger partial charge on any atom is 0.266 e. The van der Waals surface area contributed by atoms with E-state index in [0.29, 0.717) is 39.4 Å². The van der Waals surface area contributed by atoms with Crippen LogP contribution in [0, 0.1) is 11.3 Å². The Morgan fingerprint density at radius 3 is 2.46 bits per heavy atom. The molecule has 0 fully saturated rings. The van der Waals surface area contributed by atoms with E-state index in [1.54, 1.807) is 36.4 Å². The fourth-order valence-electron chi connectivity index (χ4n) is 2.19. The van der Waals surface area contributed by atoms with Crippen molar-refractivity contribution < 1.29 is 14.3 Å². The van der Waals surface area contributed by atoms with Crippen LogP contribution in [-0.4, -0.2) is 19.6 Å². The molecule has 2 aromatic rings. The van der Waals surface area contributed by atoms with Gasteiger partial charge in [-0.2, -0.15) is 5.26 Å². The Labute approximate surface area is 161 Å². The maximum atomic E-state index is 12.4. The summed E-state index contributed by atoms with van der Waals surface area (Å²) in [5.41, 5.74) is 0.950. The van der Waals surface area contributed by atoms with Crippen LogP contribution in [0.3, 0.4) is 0 Å². The lowest BCUT2D eigenvalue weighted by atomic mass is 10.1. The second-order valence-electron chi connectivity index (χ2n) is 5.13. The Hall–Kier alpha value is -2.68. The number of benzene rings is 2. The molecule has 0 atom stereocenters. The average Bonchev–Trinajstić information content (AvgIpc) is 2.59. The first-order valence-electron chi connectivity index (χ1n) is 7.67. The van der Waals surface area contributed by atoms with Crippen LogP contribution in [0.2, 0.25) is 10.0 Å². The fraction of sp³-hybridized carbons (Fsp3) is 0.158. The lowest BCUT2D eigenvalue weighted by Crippen LogP contribution is -2.13. The lowest BCUT2D eigenvalue weighted by Gasteiger charge is -2.10. The summed E-state index contributed by atoms with van der Waals surface area (Å²) in [5.74, 6) is 0.530. The third kappa shape index (κ3) is 5.16. The Bertz CT molecular complexity index is 869. The molecule has 0 aromatic heterocycles. The molecule has 0 radical (unpaired) electrons. The van der Waals surface area contributed by atoms with Crippen molar-refractivity contribution in [2.75, 3.05) is 19.0 Å². The van der Waals surface area contributed by atoms with Crippen LogP contribution in [0.5, 0.6) is 11.5 Å². The smallest absolute Gasteiger partial charge is 0.266 e. The number of nitriles is 1. The summed E-state index contributed by atoms with van der Waals surface area (Å²) >= 11 is 11.8. The summed E-state index contributed by atoms with van der Waals surface area (Å²) in [5, 5.41) is 12.7. The molecule has 0 bridgehead atoms. The number of halogens is 2. The third-order valence-corrected chi connectivity index (χ3v) is 3.72. The van der Waals surface area contributed by atoms with E-state index in [2.05, 4.69) is 5.32 Å². The summed E-state index contributed by atoms with van der Waals surface area (Å²) in [6.45, 7) is 2.37. The highest BCUT2D eigenvalue weighted by atomic mass is 35.5. The van der Waals surface area contributed by atoms with Gasteiger partial charge >= 0.3 is 0 Å². The van der Waals surface area contributed by atoms with Gasteiger partial charge in [0.05, 0.1) is 13.7 Å². The van der Waals surface area contributed by atoms with Crippen LogP contribution in [0.1, 0.15) is 12.5 Å². The average molecular weight is 391 g/mol. The van der Waals surface area contributed by atoms with Gasteiger partial charge in [0.2, 0.25) is 0 Å². The number of rotatable bonds is 6. The predicted octanol–water partition coefficient (Wildman–Crippen LogP) is 4.95. The van der Waals surface area contributed by atoms with Crippen molar-refractivity contribution in [2.45, 2.75) is 6.92 Å². The molecule has 0 spiro atoms. The second kappa shape index (κ2) is 9.14. The molecule has 2 rings (SSSR count). The molecule has 0 aliphatic rings. The molecule has 0 unspecified atom stereocenters. The number of ether oxygens (including phenoxy) is 2. The monoisotopic (exact) mass is 390 g/mol. The van der Waals surface area contributed by atoms with E-state index < -0.39 is 5.91 Å². The molecule has 2 aromatic carbocycles. The van der Waals surface area contributed by atoms with Crippen LogP contribution in [-0.2, 0) is 4.79 Å². The van der Waals surface area contributed by atoms with E-state index in [1.165, 1.54) is 13.2 Å². The molecule has 0 aliphatic carbocycles. The normalized spacial score (nSPS) is 10.8. The highest BCUT2D eigenvalue weighted by Crippen LogP contribution is 2.29. The van der Waals surface area contributed by atoms with Crippen molar-refractivity contribution >= 4 is 40.9 Å². The maximum absolute atomic E-state index is 12.4. The summed E-state index contributed by atoms with van der Waals surface area (Å²) in [7, 11) is 1.52. The quantitative estimate of drug-likeness (QED) is 0.559. The molecule has 1 amide bonds. The van der Waals surface area contributed by atoms with Crippen LogP contribution in [0.4, 0.5) is 5.69 Å². The Kier molecular flexibility index (Phi) is 6.90. The van der Waals surface area contributed by atoms with Gasteiger partial charge in [0, 0.05) is 15.7 Å². The Morgan fingerprint density at radius 2 is 1.88 bits per heavy atom. The SMILES string of the molecule is CCOc1ccc(/C=C(\C#N)C(=O)Nc2cc(Cl)cc(Cl)c2)cc1OC. The number of carbonyl (C=O) groups is 1. The summed E-state index contributed by atoms with van der Waals surface area (Å²) in [4.78, 5) is 12.4. The molecule has 0 saturated heterocycles. The molecule has 134 valence electrons. The van der Waals surface area contributed by atoms with E-state index in [0.717, 1.165) is 0 Å². The zero-order valence-electron chi connectivity index (χ0n) is 14.2. The number of amides is 1. The molecule has 26 heavy (non-hydrogen) atoms. The van der Waals surface area contributed by atoms with E-state index in [4.69, 9.17) is 32.7 Å². The molecule has 7 heteroatoms. The van der Waals surface area contributed by atoms with Gasteiger partial charge < -0.3 is 14.8 Å². The van der Waals surface area contributed by atoms with Crippen molar-refractivity contribution in [3.05, 3.63) is 57.6 Å². The molecule has 5 nitrogen and oxygen atoms in total. The minimum absolute atomic E-state index is 0.0766. The largest absolute Gasteiger partial charge is 0.493 e. The van der Waals surface area contributed by atoms with E-state index in [1.807, 2.05) is 13.0 Å². The van der Waals surface area contributed by atoms with Crippen LogP contribution < -0.4 is 14.8 Å². The number of anilines is 1. The van der Waals surface area contributed by atoms with Gasteiger partial charge in [0.1, 0.15) is 11.6 Å². The molecular formula is C19H16Cl2N2O3. The zero-order valence-corrected chi connectivity index (χ0v) is 15.7. The number of hydrogen-bond acceptors (Lipinski definition) is 4. The van der Waals surface area contributed by atoms with Crippen molar-refractivity contribution in [1.82, 2.24) is 0 Å². The molecule has 0 heterocycles. The second-order valence-corrected chi connectivity index (χ2v) is 6.00. The van der Waals surface area contributed by atoms with Gasteiger partial charge in [-0.25, -0.2) is 0 Å². The fourth-order valence-corrected chi connectivity index (χ4v) is 2.71. The molecule has 1 N–H and O–H groups in total. The number of methoxy groups -OCH3 is 1. The standard InChI is InChI=1S/C19H16Cl2N2O3/c1-3-26-17-5-4-12(7-18(17)25-2)6-13(11-22)19(24)23-16-9-14(20)8-15(21)10-16/h4-10H,3H2,1-2H3,(H,23,24)/b13-6+. The minimum Gasteiger partial charge on any atom is -0.493 e.